The summed E-state index contributed by atoms with van der Waals surface area (Å²) in [6.45, 7) is 3.14. The first-order valence-corrected chi connectivity index (χ1v) is 9.19. The van der Waals surface area contributed by atoms with Gasteiger partial charge in [0.2, 0.25) is 0 Å². The van der Waals surface area contributed by atoms with Gasteiger partial charge in [-0.2, -0.15) is 0 Å². The predicted molar refractivity (Wildman–Crippen MR) is 104 cm³/mol. The van der Waals surface area contributed by atoms with Gasteiger partial charge in [0.15, 0.2) is 11.6 Å². The Bertz CT molecular complexity index is 864. The molecule has 1 saturated heterocycles. The minimum absolute atomic E-state index is 0.0214. The van der Waals surface area contributed by atoms with E-state index in [4.69, 9.17) is 4.74 Å². The number of nitrogens with zero attached hydrogens (tertiary/aromatic N) is 2. The summed E-state index contributed by atoms with van der Waals surface area (Å²) in [5.41, 5.74) is 1.43. The largest absolute Gasteiger partial charge is 0.485 e. The lowest BCUT2D eigenvalue weighted by molar-refractivity contribution is 0.0663. The molecule has 0 aromatic heterocycles. The SMILES string of the molecule is CNC(=O)c1cccc(F)c1OCc1cccc(C(=O)N2CCN(C)CC2)c1. The van der Waals surface area contributed by atoms with Crippen LogP contribution < -0.4 is 10.1 Å². The van der Waals surface area contributed by atoms with Gasteiger partial charge in [-0.05, 0) is 36.9 Å². The smallest absolute Gasteiger partial charge is 0.254 e. The van der Waals surface area contributed by atoms with Gasteiger partial charge < -0.3 is 19.9 Å². The Hall–Kier alpha value is -2.93. The van der Waals surface area contributed by atoms with Crippen LogP contribution in [0.2, 0.25) is 0 Å². The number of ether oxygens (including phenoxy) is 1. The van der Waals surface area contributed by atoms with Crippen LogP contribution in [-0.4, -0.2) is 61.9 Å². The summed E-state index contributed by atoms with van der Waals surface area (Å²) in [4.78, 5) is 28.7. The van der Waals surface area contributed by atoms with Gasteiger partial charge in [0.25, 0.3) is 11.8 Å². The number of benzene rings is 2. The van der Waals surface area contributed by atoms with Crippen molar-refractivity contribution in [1.29, 1.82) is 0 Å². The second kappa shape index (κ2) is 8.84. The van der Waals surface area contributed by atoms with E-state index < -0.39 is 11.7 Å². The maximum Gasteiger partial charge on any atom is 0.254 e. The van der Waals surface area contributed by atoms with E-state index in [9.17, 15) is 14.0 Å². The van der Waals surface area contributed by atoms with Crippen molar-refractivity contribution in [3.05, 3.63) is 65.0 Å². The fourth-order valence-electron chi connectivity index (χ4n) is 3.11. The lowest BCUT2D eigenvalue weighted by atomic mass is 10.1. The number of hydrogen-bond acceptors (Lipinski definition) is 4. The van der Waals surface area contributed by atoms with Crippen molar-refractivity contribution < 1.29 is 18.7 Å². The molecule has 0 spiro atoms. The summed E-state index contributed by atoms with van der Waals surface area (Å²) in [6.07, 6.45) is 0. The fraction of sp³-hybridized carbons (Fsp3) is 0.333. The lowest BCUT2D eigenvalue weighted by Gasteiger charge is -2.32. The van der Waals surface area contributed by atoms with Crippen LogP contribution in [0.15, 0.2) is 42.5 Å². The molecular formula is C21H24FN3O3. The minimum Gasteiger partial charge on any atom is -0.485 e. The van der Waals surface area contributed by atoms with Crippen LogP contribution in [0.3, 0.4) is 0 Å². The first-order chi connectivity index (χ1) is 13.5. The highest BCUT2D eigenvalue weighted by molar-refractivity contribution is 5.96. The molecule has 1 aliphatic rings. The third-order valence-corrected chi connectivity index (χ3v) is 4.79. The number of carbonyl (C=O) groups excluding carboxylic acids is 2. The summed E-state index contributed by atoms with van der Waals surface area (Å²) in [6, 6.07) is 11.3. The predicted octanol–water partition coefficient (Wildman–Crippen LogP) is 2.15. The molecule has 0 atom stereocenters. The quantitative estimate of drug-likeness (QED) is 0.857. The molecule has 7 heteroatoms. The van der Waals surface area contributed by atoms with Gasteiger partial charge in [-0.1, -0.05) is 18.2 Å². The van der Waals surface area contributed by atoms with Crippen LogP contribution in [0.25, 0.3) is 0 Å². The molecule has 0 aliphatic carbocycles. The third-order valence-electron chi connectivity index (χ3n) is 4.79. The maximum absolute atomic E-state index is 14.2. The summed E-state index contributed by atoms with van der Waals surface area (Å²) in [5, 5.41) is 2.47. The molecule has 0 radical (unpaired) electrons. The summed E-state index contributed by atoms with van der Waals surface area (Å²) >= 11 is 0. The average molecular weight is 385 g/mol. The molecule has 28 heavy (non-hydrogen) atoms. The van der Waals surface area contributed by atoms with Crippen LogP contribution in [0.4, 0.5) is 4.39 Å². The van der Waals surface area contributed by atoms with E-state index in [0.29, 0.717) is 18.7 Å². The van der Waals surface area contributed by atoms with Gasteiger partial charge in [0.1, 0.15) is 6.61 Å². The van der Waals surface area contributed by atoms with E-state index in [2.05, 4.69) is 10.2 Å². The monoisotopic (exact) mass is 385 g/mol. The van der Waals surface area contributed by atoms with Crippen molar-refractivity contribution in [2.45, 2.75) is 6.61 Å². The van der Waals surface area contributed by atoms with Gasteiger partial charge in [0, 0.05) is 38.8 Å². The van der Waals surface area contributed by atoms with Gasteiger partial charge in [-0.25, -0.2) is 4.39 Å². The van der Waals surface area contributed by atoms with E-state index in [1.807, 2.05) is 11.9 Å². The van der Waals surface area contributed by atoms with Crippen molar-refractivity contribution in [2.24, 2.45) is 0 Å². The molecule has 6 nitrogen and oxygen atoms in total. The highest BCUT2D eigenvalue weighted by Gasteiger charge is 2.21. The molecule has 2 aromatic carbocycles. The molecule has 1 heterocycles. The summed E-state index contributed by atoms with van der Waals surface area (Å²) < 4.78 is 19.8. The molecule has 2 amide bonds. The third kappa shape index (κ3) is 4.48. The lowest BCUT2D eigenvalue weighted by Crippen LogP contribution is -2.47. The van der Waals surface area contributed by atoms with Gasteiger partial charge >= 0.3 is 0 Å². The Balaban J connectivity index is 1.72. The van der Waals surface area contributed by atoms with Gasteiger partial charge in [-0.15, -0.1) is 0 Å². The Labute approximate surface area is 163 Å². The number of likely N-dealkylation sites (N-methyl/N-ethyl adjacent to an activating group) is 1. The highest BCUT2D eigenvalue weighted by atomic mass is 19.1. The van der Waals surface area contributed by atoms with Crippen molar-refractivity contribution in [3.8, 4) is 5.75 Å². The number of nitrogens with one attached hydrogen (secondary N) is 1. The Morgan fingerprint density at radius 2 is 1.82 bits per heavy atom. The number of halogens is 1. The first-order valence-electron chi connectivity index (χ1n) is 9.19. The molecular weight excluding hydrogens is 361 g/mol. The molecule has 148 valence electrons. The zero-order chi connectivity index (χ0) is 20.1. The number of carbonyl (C=O) groups is 2. The number of para-hydroxylation sites is 1. The van der Waals surface area contributed by atoms with Crippen molar-refractivity contribution >= 4 is 11.8 Å². The molecule has 0 saturated carbocycles. The molecule has 2 aromatic rings. The van der Waals surface area contributed by atoms with E-state index in [-0.39, 0.29) is 23.8 Å². The van der Waals surface area contributed by atoms with Crippen LogP contribution in [0.5, 0.6) is 5.75 Å². The number of piperazine rings is 1. The van der Waals surface area contributed by atoms with Crippen LogP contribution >= 0.6 is 0 Å². The van der Waals surface area contributed by atoms with Crippen LogP contribution in [-0.2, 0) is 6.61 Å². The zero-order valence-corrected chi connectivity index (χ0v) is 16.1. The molecule has 0 bridgehead atoms. The van der Waals surface area contributed by atoms with E-state index in [1.54, 1.807) is 24.3 Å². The van der Waals surface area contributed by atoms with Crippen LogP contribution in [0, 0.1) is 5.82 Å². The van der Waals surface area contributed by atoms with Crippen molar-refractivity contribution in [2.75, 3.05) is 40.3 Å². The normalized spacial score (nSPS) is 14.6. The van der Waals surface area contributed by atoms with E-state index in [0.717, 1.165) is 18.7 Å². The summed E-state index contributed by atoms with van der Waals surface area (Å²) in [7, 11) is 3.51. The Morgan fingerprint density at radius 1 is 1.11 bits per heavy atom. The minimum atomic E-state index is -0.606. The molecule has 1 N–H and O–H groups in total. The second-order valence-electron chi connectivity index (χ2n) is 6.78. The number of hydrogen-bond donors (Lipinski definition) is 1. The maximum atomic E-state index is 14.2. The van der Waals surface area contributed by atoms with E-state index in [1.165, 1.54) is 25.2 Å². The van der Waals surface area contributed by atoms with Gasteiger partial charge in [0.05, 0.1) is 5.56 Å². The fourth-order valence-corrected chi connectivity index (χ4v) is 3.11. The molecule has 0 unspecified atom stereocenters. The second-order valence-corrected chi connectivity index (χ2v) is 6.78. The van der Waals surface area contributed by atoms with Crippen LogP contribution in [0.1, 0.15) is 26.3 Å². The average Bonchev–Trinajstić information content (AvgIpc) is 2.72. The Kier molecular flexibility index (Phi) is 6.26. The van der Waals surface area contributed by atoms with Gasteiger partial charge in [-0.3, -0.25) is 9.59 Å². The molecule has 1 aliphatic heterocycles. The van der Waals surface area contributed by atoms with E-state index >= 15 is 0 Å². The number of rotatable bonds is 5. The topological polar surface area (TPSA) is 61.9 Å². The molecule has 1 fully saturated rings. The number of amides is 2. The highest BCUT2D eigenvalue weighted by Crippen LogP contribution is 2.24. The standard InChI is InChI=1S/C21H24FN3O3/c1-23-20(26)17-7-4-8-18(22)19(17)28-14-15-5-3-6-16(13-15)21(27)25-11-9-24(2)10-12-25/h3-8,13H,9-12,14H2,1-2H3,(H,23,26). The van der Waals surface area contributed by atoms with Crippen molar-refractivity contribution in [1.82, 2.24) is 15.1 Å². The summed E-state index contributed by atoms with van der Waals surface area (Å²) in [5.74, 6) is -1.15. The molecule has 3 rings (SSSR count). The zero-order valence-electron chi connectivity index (χ0n) is 16.1. The first kappa shape index (κ1) is 19.8. The van der Waals surface area contributed by atoms with Crippen molar-refractivity contribution in [3.63, 3.8) is 0 Å². The Morgan fingerprint density at radius 3 is 2.54 bits per heavy atom.